The summed E-state index contributed by atoms with van der Waals surface area (Å²) in [4.78, 5) is 38.8. The first kappa shape index (κ1) is 27.4. The molecule has 1 fully saturated rings. The summed E-state index contributed by atoms with van der Waals surface area (Å²) in [6, 6.07) is -1.01. The maximum atomic E-state index is 13.0. The van der Waals surface area contributed by atoms with Gasteiger partial charge in [-0.3, -0.25) is 14.5 Å². The molecule has 8 nitrogen and oxygen atoms in total. The quantitative estimate of drug-likeness (QED) is 0.383. The van der Waals surface area contributed by atoms with Crippen molar-refractivity contribution in [3.63, 3.8) is 0 Å². The first-order valence-electron chi connectivity index (χ1n) is 11.4. The minimum atomic E-state index is -1.41. The maximum absolute atomic E-state index is 13.0. The van der Waals surface area contributed by atoms with Crippen LogP contribution in [-0.4, -0.2) is 61.8 Å². The van der Waals surface area contributed by atoms with E-state index >= 15 is 0 Å². The molecule has 180 valence electrons. The molecular formula is C22H43N3O5Si. The van der Waals surface area contributed by atoms with Gasteiger partial charge >= 0.3 is 12.1 Å². The molecule has 1 saturated carbocycles. The van der Waals surface area contributed by atoms with E-state index in [4.69, 9.17) is 20.9 Å². The number of rotatable bonds is 10. The van der Waals surface area contributed by atoms with Gasteiger partial charge in [0.15, 0.2) is 0 Å². The van der Waals surface area contributed by atoms with E-state index in [0.29, 0.717) is 12.3 Å². The van der Waals surface area contributed by atoms with E-state index < -0.39 is 43.7 Å². The highest BCUT2D eigenvalue weighted by atomic mass is 28.3. The summed E-state index contributed by atoms with van der Waals surface area (Å²) in [5.41, 5.74) is 11.1. The van der Waals surface area contributed by atoms with Gasteiger partial charge in [0.1, 0.15) is 18.2 Å². The molecule has 0 bridgehead atoms. The third-order valence-electron chi connectivity index (χ3n) is 5.43. The summed E-state index contributed by atoms with van der Waals surface area (Å²) in [5.74, 6) is -0.956. The Labute approximate surface area is 188 Å². The van der Waals surface area contributed by atoms with Crippen LogP contribution in [0.1, 0.15) is 59.3 Å². The zero-order valence-electron chi connectivity index (χ0n) is 20.2. The zero-order valence-corrected chi connectivity index (χ0v) is 21.2. The second-order valence-corrected chi connectivity index (χ2v) is 16.5. The Hall–Kier alpha value is -1.61. The minimum absolute atomic E-state index is 0.266. The normalized spacial score (nSPS) is 17.5. The number of ether oxygens (including phenoxy) is 2. The SMILES string of the molecule is CC(C)(C)OC(=O)C(N)[C@H](CC1CCCCC1)N(CC(N)=O)C(=O)OCC[Si](C)(C)C. The largest absolute Gasteiger partial charge is 0.459 e. The lowest BCUT2D eigenvalue weighted by Crippen LogP contribution is -2.57. The maximum Gasteiger partial charge on any atom is 0.410 e. The number of carbonyl (C=O) groups is 3. The molecule has 0 spiro atoms. The van der Waals surface area contributed by atoms with Gasteiger partial charge in [-0.15, -0.1) is 0 Å². The monoisotopic (exact) mass is 457 g/mol. The smallest absolute Gasteiger partial charge is 0.410 e. The van der Waals surface area contributed by atoms with Gasteiger partial charge in [0.2, 0.25) is 5.91 Å². The van der Waals surface area contributed by atoms with E-state index in [0.717, 1.165) is 31.7 Å². The van der Waals surface area contributed by atoms with Gasteiger partial charge in [-0.25, -0.2) is 4.79 Å². The van der Waals surface area contributed by atoms with Gasteiger partial charge < -0.3 is 20.9 Å². The number of primary amides is 1. The fourth-order valence-electron chi connectivity index (χ4n) is 3.77. The zero-order chi connectivity index (χ0) is 23.8. The number of hydrogen-bond donors (Lipinski definition) is 2. The van der Waals surface area contributed by atoms with Crippen LogP contribution in [0.15, 0.2) is 0 Å². The molecule has 0 heterocycles. The highest BCUT2D eigenvalue weighted by Crippen LogP contribution is 2.30. The average Bonchev–Trinajstić information content (AvgIpc) is 2.62. The van der Waals surface area contributed by atoms with Gasteiger partial charge in [-0.05, 0) is 39.2 Å². The molecule has 0 aromatic rings. The van der Waals surface area contributed by atoms with E-state index in [1.165, 1.54) is 11.3 Å². The van der Waals surface area contributed by atoms with Crippen LogP contribution in [0.5, 0.6) is 0 Å². The van der Waals surface area contributed by atoms with E-state index in [2.05, 4.69) is 19.6 Å². The molecule has 0 aromatic carbocycles. The van der Waals surface area contributed by atoms with Gasteiger partial charge in [0.25, 0.3) is 0 Å². The van der Waals surface area contributed by atoms with E-state index in [9.17, 15) is 14.4 Å². The molecule has 1 aliphatic rings. The van der Waals surface area contributed by atoms with Crippen molar-refractivity contribution < 1.29 is 23.9 Å². The van der Waals surface area contributed by atoms with Crippen molar-refractivity contribution in [3.05, 3.63) is 0 Å². The molecule has 0 saturated heterocycles. The van der Waals surface area contributed by atoms with Crippen molar-refractivity contribution in [2.24, 2.45) is 17.4 Å². The van der Waals surface area contributed by atoms with E-state index in [1.54, 1.807) is 20.8 Å². The molecular weight excluding hydrogens is 414 g/mol. The van der Waals surface area contributed by atoms with Gasteiger partial charge in [-0.1, -0.05) is 51.7 Å². The molecule has 2 amide bonds. The third-order valence-corrected chi connectivity index (χ3v) is 7.14. The fraction of sp³-hybridized carbons (Fsp3) is 0.864. The molecule has 0 aliphatic heterocycles. The number of nitrogens with two attached hydrogens (primary N) is 2. The van der Waals surface area contributed by atoms with Crippen LogP contribution in [-0.2, 0) is 19.1 Å². The van der Waals surface area contributed by atoms with Crippen LogP contribution in [0.3, 0.4) is 0 Å². The lowest BCUT2D eigenvalue weighted by molar-refractivity contribution is -0.158. The predicted octanol–water partition coefficient (Wildman–Crippen LogP) is 3.26. The molecule has 1 unspecified atom stereocenters. The Morgan fingerprint density at radius 3 is 2.16 bits per heavy atom. The highest BCUT2D eigenvalue weighted by molar-refractivity contribution is 6.76. The van der Waals surface area contributed by atoms with Crippen LogP contribution in [0, 0.1) is 5.92 Å². The summed E-state index contributed by atoms with van der Waals surface area (Å²) >= 11 is 0. The molecule has 31 heavy (non-hydrogen) atoms. The number of carbonyl (C=O) groups excluding carboxylic acids is 3. The third kappa shape index (κ3) is 11.0. The topological polar surface area (TPSA) is 125 Å². The molecule has 0 radical (unpaired) electrons. The number of nitrogens with zero attached hydrogens (tertiary/aromatic N) is 1. The standard InChI is InChI=1S/C22H43N3O5Si/c1-22(2,3)30-20(27)19(24)17(14-16-10-8-7-9-11-16)25(15-18(23)26)21(28)29-12-13-31(4,5)6/h16-17,19H,7-15,24H2,1-6H3,(H2,23,26)/t17-,19?/m0/s1. The van der Waals surface area contributed by atoms with Gasteiger partial charge in [-0.2, -0.15) is 0 Å². The summed E-state index contributed by atoms with van der Waals surface area (Å²) in [5, 5.41) is 0. The Bertz CT molecular complexity index is 609. The summed E-state index contributed by atoms with van der Waals surface area (Å²) in [7, 11) is -1.41. The van der Waals surface area contributed by atoms with Crippen LogP contribution in [0.2, 0.25) is 25.7 Å². The second kappa shape index (κ2) is 11.9. The Morgan fingerprint density at radius 2 is 1.68 bits per heavy atom. The lowest BCUT2D eigenvalue weighted by atomic mass is 9.83. The van der Waals surface area contributed by atoms with Crippen molar-refractivity contribution in [1.82, 2.24) is 4.90 Å². The van der Waals surface area contributed by atoms with E-state index in [1.807, 2.05) is 0 Å². The van der Waals surface area contributed by atoms with Gasteiger partial charge in [0.05, 0.1) is 12.6 Å². The van der Waals surface area contributed by atoms with Crippen molar-refractivity contribution in [2.75, 3.05) is 13.2 Å². The van der Waals surface area contributed by atoms with E-state index in [-0.39, 0.29) is 13.2 Å². The Balaban J connectivity index is 3.08. The number of hydrogen-bond acceptors (Lipinski definition) is 6. The first-order valence-corrected chi connectivity index (χ1v) is 15.1. The van der Waals surface area contributed by atoms with Crippen LogP contribution >= 0.6 is 0 Å². The van der Waals surface area contributed by atoms with Crippen molar-refractivity contribution >= 4 is 26.0 Å². The van der Waals surface area contributed by atoms with Crippen LogP contribution in [0.4, 0.5) is 4.79 Å². The Morgan fingerprint density at radius 1 is 1.10 bits per heavy atom. The summed E-state index contributed by atoms with van der Waals surface area (Å²) in [6.07, 6.45) is 5.27. The molecule has 1 rings (SSSR count). The molecule has 1 aliphatic carbocycles. The Kier molecular flexibility index (Phi) is 10.5. The van der Waals surface area contributed by atoms with Gasteiger partial charge in [0, 0.05) is 8.07 Å². The van der Waals surface area contributed by atoms with Crippen molar-refractivity contribution in [2.45, 2.75) is 103 Å². The first-order chi connectivity index (χ1) is 14.2. The summed E-state index contributed by atoms with van der Waals surface area (Å²) in [6.45, 7) is 11.8. The van der Waals surface area contributed by atoms with Crippen LogP contribution in [0.25, 0.3) is 0 Å². The van der Waals surface area contributed by atoms with Crippen LogP contribution < -0.4 is 11.5 Å². The molecule has 4 N–H and O–H groups in total. The lowest BCUT2D eigenvalue weighted by Gasteiger charge is -2.37. The fourth-order valence-corrected chi connectivity index (χ4v) is 4.49. The minimum Gasteiger partial charge on any atom is -0.459 e. The summed E-state index contributed by atoms with van der Waals surface area (Å²) < 4.78 is 11.0. The van der Waals surface area contributed by atoms with Crippen molar-refractivity contribution in [1.29, 1.82) is 0 Å². The molecule has 9 heteroatoms. The molecule has 2 atom stereocenters. The average molecular weight is 458 g/mol. The number of esters is 1. The molecule has 0 aromatic heterocycles. The highest BCUT2D eigenvalue weighted by Gasteiger charge is 2.38. The second-order valence-electron chi connectivity index (χ2n) is 10.9. The predicted molar refractivity (Wildman–Crippen MR) is 124 cm³/mol. The number of amides is 2. The van der Waals surface area contributed by atoms with Crippen molar-refractivity contribution in [3.8, 4) is 0 Å².